The van der Waals surface area contributed by atoms with Crippen molar-refractivity contribution in [2.45, 2.75) is 58.8 Å². The summed E-state index contributed by atoms with van der Waals surface area (Å²) in [6.45, 7) is 6.29. The normalized spacial score (nSPS) is 18.2. The van der Waals surface area contributed by atoms with Crippen molar-refractivity contribution < 1.29 is 43.6 Å². The number of nitrogens with one attached hydrogen (secondary N) is 2. The van der Waals surface area contributed by atoms with Gasteiger partial charge in [0, 0.05) is 54.2 Å². The number of hydrogen-bond acceptors (Lipinski definition) is 10. The number of methoxy groups -OCH3 is 2. The number of hydrogen-bond donors (Lipinski definition) is 4. The van der Waals surface area contributed by atoms with Crippen molar-refractivity contribution in [2.75, 3.05) is 26.1 Å². The zero-order valence-electron chi connectivity index (χ0n) is 25.1. The Morgan fingerprint density at radius 2 is 1.63 bits per heavy atom. The van der Waals surface area contributed by atoms with Gasteiger partial charge in [0.25, 0.3) is 0 Å². The van der Waals surface area contributed by atoms with Crippen molar-refractivity contribution in [3.63, 3.8) is 0 Å². The number of anilines is 1. The van der Waals surface area contributed by atoms with Gasteiger partial charge in [-0.3, -0.25) is 19.2 Å². The van der Waals surface area contributed by atoms with E-state index in [1.165, 1.54) is 41.1 Å². The maximum absolute atomic E-state index is 13.9. The van der Waals surface area contributed by atoms with E-state index in [4.69, 9.17) is 14.2 Å². The Balaban J connectivity index is 1.39. The molecule has 0 aromatic heterocycles. The standard InChI is InChI=1S/C32H36N2O9/c1-16-28(38)26(18(3)35)30-27(29(16)39)32(4)23(43-30)15-22(36)25(31(32)40)17(2)33-11-9-7-8-10-24(37)34-19-12-20(41-5)14-21(13-19)42-6/h12-15,33,38-39H,7-11H2,1-6H3,(H,34,37)/b25-17+. The second-order valence-corrected chi connectivity index (χ2v) is 10.8. The molecule has 0 saturated carbocycles. The van der Waals surface area contributed by atoms with Crippen LogP contribution in [0.5, 0.6) is 28.7 Å². The van der Waals surface area contributed by atoms with Gasteiger partial charge >= 0.3 is 0 Å². The minimum Gasteiger partial charge on any atom is -0.507 e. The molecule has 0 saturated heterocycles. The maximum Gasteiger partial charge on any atom is 0.224 e. The molecule has 2 aliphatic rings. The molecule has 1 aliphatic heterocycles. The van der Waals surface area contributed by atoms with Gasteiger partial charge in [0.05, 0.1) is 25.4 Å². The van der Waals surface area contributed by atoms with E-state index in [-0.39, 0.29) is 45.4 Å². The number of phenolic OH excluding ortho intramolecular Hbond substituents is 2. The number of carbonyl (C=O) groups excluding carboxylic acids is 4. The van der Waals surface area contributed by atoms with Gasteiger partial charge in [-0.25, -0.2) is 0 Å². The second kappa shape index (κ2) is 12.2. The summed E-state index contributed by atoms with van der Waals surface area (Å²) in [4.78, 5) is 51.6. The van der Waals surface area contributed by atoms with E-state index in [0.29, 0.717) is 48.7 Å². The first-order valence-electron chi connectivity index (χ1n) is 13.9. The van der Waals surface area contributed by atoms with Crippen molar-refractivity contribution in [1.29, 1.82) is 0 Å². The Hall–Kier alpha value is -4.80. The Morgan fingerprint density at radius 3 is 2.23 bits per heavy atom. The lowest BCUT2D eigenvalue weighted by atomic mass is 9.70. The van der Waals surface area contributed by atoms with Gasteiger partial charge in [-0.1, -0.05) is 6.42 Å². The summed E-state index contributed by atoms with van der Waals surface area (Å²) in [5.74, 6) is -1.60. The van der Waals surface area contributed by atoms with Crippen molar-refractivity contribution in [2.24, 2.45) is 0 Å². The van der Waals surface area contributed by atoms with Crippen LogP contribution < -0.4 is 24.8 Å². The summed E-state index contributed by atoms with van der Waals surface area (Å²) < 4.78 is 16.2. The quantitative estimate of drug-likeness (QED) is 0.128. The summed E-state index contributed by atoms with van der Waals surface area (Å²) in [7, 11) is 3.07. The molecule has 1 amide bonds. The molecule has 0 radical (unpaired) electrons. The molecule has 1 atom stereocenters. The number of ketones is 3. The Kier molecular flexibility index (Phi) is 8.84. The Labute approximate surface area is 249 Å². The van der Waals surface area contributed by atoms with Crippen molar-refractivity contribution in [3.8, 4) is 28.7 Å². The third-order valence-corrected chi connectivity index (χ3v) is 7.87. The van der Waals surface area contributed by atoms with Crippen LogP contribution in [-0.2, 0) is 19.8 Å². The number of ether oxygens (including phenoxy) is 3. The number of benzene rings is 2. The number of carbonyl (C=O) groups is 4. The highest BCUT2D eigenvalue weighted by atomic mass is 16.5. The van der Waals surface area contributed by atoms with Crippen molar-refractivity contribution >= 4 is 28.9 Å². The summed E-state index contributed by atoms with van der Waals surface area (Å²) in [5, 5.41) is 27.4. The lowest BCUT2D eigenvalue weighted by Gasteiger charge is -2.29. The molecule has 228 valence electrons. The van der Waals surface area contributed by atoms with Crippen molar-refractivity contribution in [1.82, 2.24) is 5.32 Å². The summed E-state index contributed by atoms with van der Waals surface area (Å²) >= 11 is 0. The van der Waals surface area contributed by atoms with Crippen LogP contribution in [0.3, 0.4) is 0 Å². The summed E-state index contributed by atoms with van der Waals surface area (Å²) in [6, 6.07) is 5.13. The van der Waals surface area contributed by atoms with E-state index in [1.54, 1.807) is 25.1 Å². The molecular weight excluding hydrogens is 556 g/mol. The highest BCUT2D eigenvalue weighted by Crippen LogP contribution is 2.57. The first kappa shape index (κ1) is 31.1. The molecule has 1 heterocycles. The van der Waals surface area contributed by atoms with Gasteiger partial charge in [-0.15, -0.1) is 0 Å². The van der Waals surface area contributed by atoms with E-state index in [0.717, 1.165) is 6.42 Å². The van der Waals surface area contributed by atoms with Gasteiger partial charge in [-0.05, 0) is 40.5 Å². The number of phenols is 2. The SMILES string of the molecule is COc1cc(NC(=O)CCCCCN/C(C)=C2\C(=O)C=C3Oc4c(C(C)=O)c(O)c(C)c(O)c4C3(C)C2=O)cc(OC)c1. The lowest BCUT2D eigenvalue weighted by Crippen LogP contribution is -2.41. The molecule has 1 aliphatic carbocycles. The van der Waals surface area contributed by atoms with E-state index in [9.17, 15) is 29.4 Å². The fourth-order valence-electron chi connectivity index (χ4n) is 5.42. The first-order chi connectivity index (χ1) is 20.3. The molecule has 2 aromatic carbocycles. The van der Waals surface area contributed by atoms with Crippen LogP contribution in [0.1, 0.15) is 67.9 Å². The molecule has 0 spiro atoms. The molecule has 4 rings (SSSR count). The average molecular weight is 593 g/mol. The van der Waals surface area contributed by atoms with E-state index in [1.807, 2.05) is 0 Å². The minimum absolute atomic E-state index is 0.0116. The van der Waals surface area contributed by atoms with Gasteiger partial charge in [0.1, 0.15) is 45.5 Å². The van der Waals surface area contributed by atoms with E-state index >= 15 is 0 Å². The molecule has 4 N–H and O–H groups in total. The van der Waals surface area contributed by atoms with Crippen LogP contribution in [-0.4, -0.2) is 54.2 Å². The lowest BCUT2D eigenvalue weighted by molar-refractivity contribution is -0.123. The molecule has 1 unspecified atom stereocenters. The fraction of sp³-hybridized carbons (Fsp3) is 0.375. The summed E-state index contributed by atoms with van der Waals surface area (Å²) in [6.07, 6.45) is 3.53. The number of amides is 1. The number of aromatic hydroxyl groups is 2. The van der Waals surface area contributed by atoms with Crippen LogP contribution in [0.2, 0.25) is 0 Å². The number of Topliss-reactive ketones (excluding diaryl/α,β-unsaturated/α-hetero) is 2. The third-order valence-electron chi connectivity index (χ3n) is 7.87. The second-order valence-electron chi connectivity index (χ2n) is 10.8. The Bertz CT molecular complexity index is 1570. The zero-order valence-corrected chi connectivity index (χ0v) is 25.1. The van der Waals surface area contributed by atoms with Gasteiger partial charge in [0.2, 0.25) is 5.91 Å². The van der Waals surface area contributed by atoms with Crippen LogP contribution in [0.25, 0.3) is 0 Å². The van der Waals surface area contributed by atoms with Gasteiger partial charge in [0.15, 0.2) is 17.3 Å². The highest BCUT2D eigenvalue weighted by molar-refractivity contribution is 6.31. The van der Waals surface area contributed by atoms with Crippen LogP contribution in [0.4, 0.5) is 5.69 Å². The summed E-state index contributed by atoms with van der Waals surface area (Å²) in [5.41, 5.74) is -0.763. The monoisotopic (exact) mass is 592 g/mol. The molecule has 0 bridgehead atoms. The number of fused-ring (bicyclic) bond motifs is 3. The molecule has 2 aromatic rings. The Morgan fingerprint density at radius 1 is 0.977 bits per heavy atom. The predicted octanol–water partition coefficient (Wildman–Crippen LogP) is 4.37. The topological polar surface area (TPSA) is 160 Å². The third kappa shape index (κ3) is 5.67. The van der Waals surface area contributed by atoms with Gasteiger partial charge < -0.3 is 35.1 Å². The number of unbranched alkanes of at least 4 members (excludes halogenated alkanes) is 2. The smallest absolute Gasteiger partial charge is 0.224 e. The van der Waals surface area contributed by atoms with Crippen molar-refractivity contribution in [3.05, 3.63) is 58.0 Å². The minimum atomic E-state index is -1.56. The highest BCUT2D eigenvalue weighted by Gasteiger charge is 2.56. The van der Waals surface area contributed by atoms with E-state index < -0.39 is 28.5 Å². The molecule has 11 nitrogen and oxygen atoms in total. The van der Waals surface area contributed by atoms with Gasteiger partial charge in [-0.2, -0.15) is 0 Å². The molecule has 43 heavy (non-hydrogen) atoms. The van der Waals surface area contributed by atoms with Crippen LogP contribution in [0.15, 0.2) is 41.3 Å². The fourth-order valence-corrected chi connectivity index (χ4v) is 5.42. The van der Waals surface area contributed by atoms with Crippen LogP contribution in [0, 0.1) is 6.92 Å². The predicted molar refractivity (Wildman–Crippen MR) is 158 cm³/mol. The molecular formula is C32H36N2O9. The first-order valence-corrected chi connectivity index (χ1v) is 13.9. The molecule has 11 heteroatoms. The zero-order chi connectivity index (χ0) is 31.6. The number of allylic oxidation sites excluding steroid dienone is 4. The largest absolute Gasteiger partial charge is 0.507 e. The number of rotatable bonds is 11. The van der Waals surface area contributed by atoms with E-state index in [2.05, 4.69) is 10.6 Å². The molecule has 0 fully saturated rings. The van der Waals surface area contributed by atoms with Crippen LogP contribution >= 0.6 is 0 Å². The maximum atomic E-state index is 13.9. The average Bonchev–Trinajstić information content (AvgIpc) is 3.25.